The SMILES string of the molecule is CCN(C)[C@@H]1Cc2ccc(OC)c3c2[C@@]2(C)[C@@H](O3)C(OC(=O)[C@H](C)OC(=O)CCN)=CC[C@@]12O. The lowest BCUT2D eigenvalue weighted by Crippen LogP contribution is -2.69. The zero-order chi connectivity index (χ0) is 24.8. The second kappa shape index (κ2) is 8.87. The van der Waals surface area contributed by atoms with Crippen molar-refractivity contribution in [3.05, 3.63) is 35.1 Å². The zero-order valence-corrected chi connectivity index (χ0v) is 20.4. The van der Waals surface area contributed by atoms with Gasteiger partial charge in [-0.1, -0.05) is 13.0 Å². The van der Waals surface area contributed by atoms with Crippen LogP contribution in [0.2, 0.25) is 0 Å². The van der Waals surface area contributed by atoms with Crippen molar-refractivity contribution in [2.75, 3.05) is 27.2 Å². The molecule has 4 rings (SSSR count). The first-order chi connectivity index (χ1) is 16.1. The maximum Gasteiger partial charge on any atom is 0.352 e. The highest BCUT2D eigenvalue weighted by molar-refractivity contribution is 5.80. The van der Waals surface area contributed by atoms with Crippen LogP contribution < -0.4 is 15.2 Å². The molecule has 0 bridgehead atoms. The van der Waals surface area contributed by atoms with Gasteiger partial charge in [-0.3, -0.25) is 4.79 Å². The molecular formula is C25H34N2O7. The van der Waals surface area contributed by atoms with E-state index in [1.54, 1.807) is 13.2 Å². The van der Waals surface area contributed by atoms with Gasteiger partial charge in [-0.15, -0.1) is 0 Å². The maximum absolute atomic E-state index is 12.8. The minimum Gasteiger partial charge on any atom is -0.493 e. The Morgan fingerprint density at radius 2 is 2.12 bits per heavy atom. The molecule has 34 heavy (non-hydrogen) atoms. The first kappa shape index (κ1) is 24.5. The van der Waals surface area contributed by atoms with E-state index < -0.39 is 35.2 Å². The number of ether oxygens (including phenoxy) is 4. The Morgan fingerprint density at radius 1 is 1.38 bits per heavy atom. The van der Waals surface area contributed by atoms with Gasteiger partial charge in [0.05, 0.1) is 24.5 Å². The monoisotopic (exact) mass is 474 g/mol. The fourth-order valence-electron chi connectivity index (χ4n) is 5.67. The predicted octanol–water partition coefficient (Wildman–Crippen LogP) is 1.43. The van der Waals surface area contributed by atoms with E-state index in [1.165, 1.54) is 6.92 Å². The van der Waals surface area contributed by atoms with Crippen molar-refractivity contribution in [1.82, 2.24) is 4.90 Å². The van der Waals surface area contributed by atoms with E-state index in [1.807, 2.05) is 26.1 Å². The van der Waals surface area contributed by atoms with Gasteiger partial charge in [0.15, 0.2) is 23.7 Å². The van der Waals surface area contributed by atoms with Crippen LogP contribution in [0, 0.1) is 0 Å². The molecule has 2 aliphatic carbocycles. The minimum absolute atomic E-state index is 0.0152. The Morgan fingerprint density at radius 3 is 2.76 bits per heavy atom. The number of nitrogens with two attached hydrogens (primary N) is 1. The van der Waals surface area contributed by atoms with Crippen molar-refractivity contribution in [2.45, 2.75) is 69.3 Å². The molecule has 3 N–H and O–H groups in total. The quantitative estimate of drug-likeness (QED) is 0.539. The first-order valence-corrected chi connectivity index (χ1v) is 11.7. The highest BCUT2D eigenvalue weighted by Crippen LogP contribution is 2.62. The van der Waals surface area contributed by atoms with E-state index in [2.05, 4.69) is 11.8 Å². The molecule has 5 atom stereocenters. The van der Waals surface area contributed by atoms with E-state index in [0.29, 0.717) is 23.7 Å². The summed E-state index contributed by atoms with van der Waals surface area (Å²) in [5, 5.41) is 12.2. The molecule has 1 aliphatic heterocycles. The Hall–Kier alpha value is -2.62. The van der Waals surface area contributed by atoms with Crippen LogP contribution in [-0.2, 0) is 30.9 Å². The molecule has 1 aromatic carbocycles. The number of nitrogens with zero attached hydrogens (tertiary/aromatic N) is 1. The summed E-state index contributed by atoms with van der Waals surface area (Å²) in [4.78, 5) is 26.7. The molecular weight excluding hydrogens is 440 g/mol. The average molecular weight is 475 g/mol. The van der Waals surface area contributed by atoms with Crippen molar-refractivity contribution < 1.29 is 33.6 Å². The lowest BCUT2D eigenvalue weighted by atomic mass is 9.54. The van der Waals surface area contributed by atoms with Crippen molar-refractivity contribution in [3.63, 3.8) is 0 Å². The molecule has 0 saturated carbocycles. The van der Waals surface area contributed by atoms with Gasteiger partial charge in [0, 0.05) is 24.6 Å². The summed E-state index contributed by atoms with van der Waals surface area (Å²) in [6.07, 6.45) is 0.821. The molecule has 0 saturated heterocycles. The summed E-state index contributed by atoms with van der Waals surface area (Å²) in [7, 11) is 3.58. The van der Waals surface area contributed by atoms with Crippen LogP contribution in [-0.4, -0.2) is 73.0 Å². The van der Waals surface area contributed by atoms with Gasteiger partial charge >= 0.3 is 11.9 Å². The molecule has 0 amide bonds. The number of aliphatic hydroxyl groups is 1. The lowest BCUT2D eigenvalue weighted by molar-refractivity contribution is -0.167. The van der Waals surface area contributed by atoms with E-state index in [0.717, 1.165) is 17.7 Å². The van der Waals surface area contributed by atoms with Crippen molar-refractivity contribution in [3.8, 4) is 11.5 Å². The van der Waals surface area contributed by atoms with E-state index >= 15 is 0 Å². The van der Waals surface area contributed by atoms with Crippen LogP contribution in [0.1, 0.15) is 44.7 Å². The summed E-state index contributed by atoms with van der Waals surface area (Å²) in [6, 6.07) is 3.73. The second-order valence-electron chi connectivity index (χ2n) is 9.45. The van der Waals surface area contributed by atoms with Crippen LogP contribution in [0.25, 0.3) is 0 Å². The van der Waals surface area contributed by atoms with Gasteiger partial charge < -0.3 is 34.7 Å². The number of benzene rings is 1. The molecule has 0 unspecified atom stereocenters. The molecule has 9 heteroatoms. The van der Waals surface area contributed by atoms with Crippen LogP contribution in [0.4, 0.5) is 0 Å². The third-order valence-corrected chi connectivity index (χ3v) is 7.68. The van der Waals surface area contributed by atoms with Crippen molar-refractivity contribution >= 4 is 11.9 Å². The first-order valence-electron chi connectivity index (χ1n) is 11.7. The third kappa shape index (κ3) is 3.49. The number of esters is 2. The van der Waals surface area contributed by atoms with Gasteiger partial charge in [0.1, 0.15) is 5.76 Å². The summed E-state index contributed by atoms with van der Waals surface area (Å²) in [5.41, 5.74) is 5.29. The molecule has 3 aliphatic rings. The average Bonchev–Trinajstić information content (AvgIpc) is 3.14. The Balaban J connectivity index is 1.73. The number of carbonyl (C=O) groups is 2. The van der Waals surface area contributed by atoms with Gasteiger partial charge in [-0.25, -0.2) is 4.79 Å². The fourth-order valence-corrected chi connectivity index (χ4v) is 5.67. The minimum atomic E-state index is -1.16. The van der Waals surface area contributed by atoms with Gasteiger partial charge in [-0.05, 0) is 51.6 Å². The molecule has 0 aromatic heterocycles. The number of hydrogen-bond acceptors (Lipinski definition) is 9. The smallest absolute Gasteiger partial charge is 0.352 e. The molecule has 0 fully saturated rings. The summed E-state index contributed by atoms with van der Waals surface area (Å²) in [5.74, 6) is 0.143. The zero-order valence-electron chi connectivity index (χ0n) is 20.4. The van der Waals surface area contributed by atoms with Gasteiger partial charge in [-0.2, -0.15) is 0 Å². The van der Waals surface area contributed by atoms with E-state index in [-0.39, 0.29) is 25.4 Å². The van der Waals surface area contributed by atoms with Crippen LogP contribution in [0.15, 0.2) is 24.0 Å². The largest absolute Gasteiger partial charge is 0.493 e. The second-order valence-corrected chi connectivity index (χ2v) is 9.45. The number of methoxy groups -OCH3 is 1. The van der Waals surface area contributed by atoms with Crippen LogP contribution in [0.3, 0.4) is 0 Å². The van der Waals surface area contributed by atoms with Gasteiger partial charge in [0.2, 0.25) is 0 Å². The molecule has 9 nitrogen and oxygen atoms in total. The normalized spacial score (nSPS) is 29.6. The lowest BCUT2D eigenvalue weighted by Gasteiger charge is -2.56. The number of likely N-dealkylation sites (N-methyl/N-ethyl adjacent to an activating group) is 1. The Kier molecular flexibility index (Phi) is 6.39. The molecule has 0 spiro atoms. The Bertz CT molecular complexity index is 1020. The fraction of sp³-hybridized carbons (Fsp3) is 0.600. The van der Waals surface area contributed by atoms with E-state index in [4.69, 9.17) is 24.7 Å². The number of hydrogen-bond donors (Lipinski definition) is 2. The van der Waals surface area contributed by atoms with Crippen LogP contribution >= 0.6 is 0 Å². The highest BCUT2D eigenvalue weighted by atomic mass is 16.6. The Labute approximate surface area is 199 Å². The van der Waals surface area contributed by atoms with E-state index in [9.17, 15) is 14.7 Å². The standard InChI is InChI=1S/C25H34N2O7/c1-6-27(4)18-13-15-7-8-16(31-5)21-20(15)24(3)22(34-21)17(9-11-25(18,24)30)33-23(29)14(2)32-19(28)10-12-26/h7-9,14,18,22,30H,6,10-13,26H2,1-5H3/t14-,18+,22-,24-,25+/m0/s1. The predicted molar refractivity (Wildman–Crippen MR) is 124 cm³/mol. The summed E-state index contributed by atoms with van der Waals surface area (Å²) in [6.45, 7) is 6.38. The topological polar surface area (TPSA) is 121 Å². The molecule has 1 heterocycles. The maximum atomic E-state index is 12.8. The number of carbonyl (C=O) groups excluding carboxylic acids is 2. The molecule has 186 valence electrons. The van der Waals surface area contributed by atoms with Crippen molar-refractivity contribution in [2.24, 2.45) is 5.73 Å². The highest BCUT2D eigenvalue weighted by Gasteiger charge is 2.68. The summed E-state index contributed by atoms with van der Waals surface area (Å²) >= 11 is 0. The summed E-state index contributed by atoms with van der Waals surface area (Å²) < 4.78 is 22.8. The molecule has 0 radical (unpaired) electrons. The molecule has 1 aromatic rings. The van der Waals surface area contributed by atoms with Crippen LogP contribution in [0.5, 0.6) is 11.5 Å². The van der Waals surface area contributed by atoms with Gasteiger partial charge in [0.25, 0.3) is 0 Å². The van der Waals surface area contributed by atoms with Crippen molar-refractivity contribution in [1.29, 1.82) is 0 Å². The number of rotatable bonds is 8. The third-order valence-electron chi connectivity index (χ3n) is 7.68.